The lowest BCUT2D eigenvalue weighted by Crippen LogP contribution is -2.18. The number of aromatic nitrogens is 1. The highest BCUT2D eigenvalue weighted by Crippen LogP contribution is 2.10. The van der Waals surface area contributed by atoms with E-state index in [4.69, 9.17) is 5.11 Å². The molecule has 1 atom stereocenters. The molecule has 4 nitrogen and oxygen atoms in total. The van der Waals surface area contributed by atoms with E-state index in [-0.39, 0.29) is 11.6 Å². The van der Waals surface area contributed by atoms with Crippen LogP contribution >= 0.6 is 0 Å². The van der Waals surface area contributed by atoms with Gasteiger partial charge in [-0.3, -0.25) is 0 Å². The van der Waals surface area contributed by atoms with E-state index in [2.05, 4.69) is 29.4 Å². The summed E-state index contributed by atoms with van der Waals surface area (Å²) in [6.07, 6.45) is 2.25. The van der Waals surface area contributed by atoms with Gasteiger partial charge in [0.25, 0.3) is 0 Å². The number of hydrogen-bond acceptors (Lipinski definition) is 3. The molecule has 0 aliphatic heterocycles. The maximum Gasteiger partial charge on any atom is 0.337 e. The van der Waals surface area contributed by atoms with E-state index in [1.54, 1.807) is 12.1 Å². The summed E-state index contributed by atoms with van der Waals surface area (Å²) in [5, 5.41) is 12.0. The molecule has 0 radical (unpaired) electrons. The van der Waals surface area contributed by atoms with E-state index < -0.39 is 5.97 Å². The van der Waals surface area contributed by atoms with Crippen molar-refractivity contribution in [3.63, 3.8) is 0 Å². The molecular weight excluding hydrogens is 240 g/mol. The number of anilines is 1. The van der Waals surface area contributed by atoms with E-state index >= 15 is 0 Å². The third-order valence-electron chi connectivity index (χ3n) is 2.79. The predicted octanol–water partition coefficient (Wildman–Crippen LogP) is 2.82. The van der Waals surface area contributed by atoms with Crippen molar-refractivity contribution < 1.29 is 9.90 Å². The molecule has 2 rings (SSSR count). The standard InChI is InChI=1S/C15H16N2O2/c1-11(9-12-5-3-2-4-6-12)17-14-8-7-13(10-16-14)15(18)19/h2-8,10-11H,9H2,1H3,(H,16,17)(H,18,19). The fraction of sp³-hybridized carbons (Fsp3) is 0.200. The van der Waals surface area contributed by atoms with Gasteiger partial charge in [0.1, 0.15) is 5.82 Å². The topological polar surface area (TPSA) is 62.2 Å². The third-order valence-corrected chi connectivity index (χ3v) is 2.79. The zero-order valence-electron chi connectivity index (χ0n) is 10.7. The Morgan fingerprint density at radius 3 is 2.58 bits per heavy atom. The first kappa shape index (κ1) is 13.1. The van der Waals surface area contributed by atoms with Gasteiger partial charge in [-0.1, -0.05) is 30.3 Å². The van der Waals surface area contributed by atoms with Gasteiger partial charge in [0.2, 0.25) is 0 Å². The molecule has 98 valence electrons. The highest BCUT2D eigenvalue weighted by atomic mass is 16.4. The molecule has 19 heavy (non-hydrogen) atoms. The van der Waals surface area contributed by atoms with Crippen molar-refractivity contribution >= 4 is 11.8 Å². The van der Waals surface area contributed by atoms with Crippen LogP contribution in [-0.2, 0) is 6.42 Å². The minimum absolute atomic E-state index is 0.196. The van der Waals surface area contributed by atoms with Crippen LogP contribution in [0.2, 0.25) is 0 Å². The van der Waals surface area contributed by atoms with Gasteiger partial charge in [-0.2, -0.15) is 0 Å². The molecule has 0 saturated carbocycles. The van der Waals surface area contributed by atoms with Crippen LogP contribution in [-0.4, -0.2) is 22.1 Å². The highest BCUT2D eigenvalue weighted by Gasteiger charge is 2.06. The van der Waals surface area contributed by atoms with Gasteiger partial charge in [-0.15, -0.1) is 0 Å². The van der Waals surface area contributed by atoms with Crippen LogP contribution < -0.4 is 5.32 Å². The second kappa shape index (κ2) is 6.00. The minimum Gasteiger partial charge on any atom is -0.478 e. The molecular formula is C15H16N2O2. The molecule has 1 aromatic carbocycles. The summed E-state index contributed by atoms with van der Waals surface area (Å²) in [6.45, 7) is 2.07. The number of carbonyl (C=O) groups is 1. The fourth-order valence-electron chi connectivity index (χ4n) is 1.88. The molecule has 0 saturated heterocycles. The highest BCUT2D eigenvalue weighted by molar-refractivity contribution is 5.87. The van der Waals surface area contributed by atoms with Crippen molar-refractivity contribution in [3.05, 3.63) is 59.8 Å². The zero-order chi connectivity index (χ0) is 13.7. The molecule has 1 unspecified atom stereocenters. The van der Waals surface area contributed by atoms with Gasteiger partial charge >= 0.3 is 5.97 Å². The number of aromatic carboxylic acids is 1. The fourth-order valence-corrected chi connectivity index (χ4v) is 1.88. The Bertz CT molecular complexity index is 538. The average molecular weight is 256 g/mol. The Labute approximate surface area is 112 Å². The van der Waals surface area contributed by atoms with Gasteiger partial charge < -0.3 is 10.4 Å². The number of carboxylic acids is 1. The van der Waals surface area contributed by atoms with E-state index in [1.807, 2.05) is 18.2 Å². The first-order valence-corrected chi connectivity index (χ1v) is 6.15. The summed E-state index contributed by atoms with van der Waals surface area (Å²) in [4.78, 5) is 14.8. The second-order valence-electron chi connectivity index (χ2n) is 4.47. The van der Waals surface area contributed by atoms with E-state index in [9.17, 15) is 4.79 Å². The normalized spacial score (nSPS) is 11.8. The number of hydrogen-bond donors (Lipinski definition) is 2. The molecule has 0 aliphatic rings. The summed E-state index contributed by atoms with van der Waals surface area (Å²) in [6, 6.07) is 13.7. The number of nitrogens with one attached hydrogen (secondary N) is 1. The van der Waals surface area contributed by atoms with E-state index in [0.29, 0.717) is 5.82 Å². The van der Waals surface area contributed by atoms with Crippen LogP contribution in [0.15, 0.2) is 48.7 Å². The third kappa shape index (κ3) is 3.81. The van der Waals surface area contributed by atoms with Crippen molar-refractivity contribution in [1.82, 2.24) is 4.98 Å². The van der Waals surface area contributed by atoms with Crippen molar-refractivity contribution in [2.45, 2.75) is 19.4 Å². The largest absolute Gasteiger partial charge is 0.478 e. The molecule has 0 fully saturated rings. The molecule has 1 aromatic heterocycles. The molecule has 1 heterocycles. The van der Waals surface area contributed by atoms with Gasteiger partial charge in [0, 0.05) is 12.2 Å². The summed E-state index contributed by atoms with van der Waals surface area (Å²) in [5.41, 5.74) is 1.45. The van der Waals surface area contributed by atoms with Gasteiger partial charge in [-0.05, 0) is 31.0 Å². The number of pyridine rings is 1. The van der Waals surface area contributed by atoms with Crippen LogP contribution in [0.3, 0.4) is 0 Å². The Morgan fingerprint density at radius 2 is 2.00 bits per heavy atom. The average Bonchev–Trinajstić information content (AvgIpc) is 2.40. The summed E-state index contributed by atoms with van der Waals surface area (Å²) < 4.78 is 0. The smallest absolute Gasteiger partial charge is 0.337 e. The van der Waals surface area contributed by atoms with E-state index in [1.165, 1.54) is 11.8 Å². The lowest BCUT2D eigenvalue weighted by atomic mass is 10.1. The molecule has 4 heteroatoms. The molecule has 0 aliphatic carbocycles. The second-order valence-corrected chi connectivity index (χ2v) is 4.47. The van der Waals surface area contributed by atoms with Gasteiger partial charge in [-0.25, -0.2) is 9.78 Å². The lowest BCUT2D eigenvalue weighted by molar-refractivity contribution is 0.0696. The maximum absolute atomic E-state index is 10.7. The van der Waals surface area contributed by atoms with Crippen molar-refractivity contribution in [2.24, 2.45) is 0 Å². The van der Waals surface area contributed by atoms with Crippen LogP contribution in [0.4, 0.5) is 5.82 Å². The zero-order valence-corrected chi connectivity index (χ0v) is 10.7. The summed E-state index contributed by atoms with van der Waals surface area (Å²) in [7, 11) is 0. The monoisotopic (exact) mass is 256 g/mol. The van der Waals surface area contributed by atoms with Crippen LogP contribution in [0, 0.1) is 0 Å². The maximum atomic E-state index is 10.7. The number of rotatable bonds is 5. The molecule has 0 spiro atoms. The Balaban J connectivity index is 1.95. The van der Waals surface area contributed by atoms with Crippen molar-refractivity contribution in [2.75, 3.05) is 5.32 Å². The van der Waals surface area contributed by atoms with Crippen LogP contribution in [0.25, 0.3) is 0 Å². The quantitative estimate of drug-likeness (QED) is 0.863. The first-order chi connectivity index (χ1) is 9.15. The number of nitrogens with zero attached hydrogens (tertiary/aromatic N) is 1. The summed E-state index contributed by atoms with van der Waals surface area (Å²) >= 11 is 0. The Kier molecular flexibility index (Phi) is 4.13. The van der Waals surface area contributed by atoms with Gasteiger partial charge in [0.15, 0.2) is 0 Å². The summed E-state index contributed by atoms with van der Waals surface area (Å²) in [5.74, 6) is -0.273. The van der Waals surface area contributed by atoms with Crippen molar-refractivity contribution in [3.8, 4) is 0 Å². The predicted molar refractivity (Wildman–Crippen MR) is 74.4 cm³/mol. The van der Waals surface area contributed by atoms with E-state index in [0.717, 1.165) is 6.42 Å². The number of carboxylic acid groups (broad SMARTS) is 1. The molecule has 2 N–H and O–H groups in total. The minimum atomic E-state index is -0.962. The Morgan fingerprint density at radius 1 is 1.26 bits per heavy atom. The molecule has 0 amide bonds. The molecule has 0 bridgehead atoms. The SMILES string of the molecule is CC(Cc1ccccc1)Nc1ccc(C(=O)O)cn1. The first-order valence-electron chi connectivity index (χ1n) is 6.15. The van der Waals surface area contributed by atoms with Crippen LogP contribution in [0.1, 0.15) is 22.8 Å². The Hall–Kier alpha value is -2.36. The van der Waals surface area contributed by atoms with Gasteiger partial charge in [0.05, 0.1) is 5.56 Å². The lowest BCUT2D eigenvalue weighted by Gasteiger charge is -2.14. The molecule has 2 aromatic rings. The van der Waals surface area contributed by atoms with Crippen molar-refractivity contribution in [1.29, 1.82) is 0 Å². The van der Waals surface area contributed by atoms with Crippen LogP contribution in [0.5, 0.6) is 0 Å². The number of benzene rings is 1.